The molecule has 0 atom stereocenters. The SMILES string of the molecule is Nc1ccc2nc(NCC3CC3)sc2c1. The molecule has 78 valence electrons. The Bertz CT molecular complexity index is 488. The predicted octanol–water partition coefficient (Wildman–Crippen LogP) is 2.70. The van der Waals surface area contributed by atoms with Crippen LogP contribution in [0.1, 0.15) is 12.8 Å². The summed E-state index contributed by atoms with van der Waals surface area (Å²) in [4.78, 5) is 4.51. The van der Waals surface area contributed by atoms with Crippen LogP contribution in [0.4, 0.5) is 10.8 Å². The first kappa shape index (κ1) is 8.97. The lowest BCUT2D eigenvalue weighted by Gasteiger charge is -1.97. The van der Waals surface area contributed by atoms with Crippen molar-refractivity contribution < 1.29 is 0 Å². The molecule has 0 radical (unpaired) electrons. The lowest BCUT2D eigenvalue weighted by atomic mass is 10.3. The van der Waals surface area contributed by atoms with Crippen LogP contribution in [0.25, 0.3) is 10.2 Å². The van der Waals surface area contributed by atoms with Crippen LogP contribution < -0.4 is 11.1 Å². The second-order valence-electron chi connectivity index (χ2n) is 4.07. The van der Waals surface area contributed by atoms with Gasteiger partial charge in [0, 0.05) is 12.2 Å². The number of benzene rings is 1. The van der Waals surface area contributed by atoms with Gasteiger partial charge in [-0.15, -0.1) is 0 Å². The number of nitrogens with two attached hydrogens (primary N) is 1. The fourth-order valence-corrected chi connectivity index (χ4v) is 2.49. The van der Waals surface area contributed by atoms with Crippen LogP contribution in [0.2, 0.25) is 0 Å². The van der Waals surface area contributed by atoms with Gasteiger partial charge >= 0.3 is 0 Å². The van der Waals surface area contributed by atoms with Gasteiger partial charge in [-0.05, 0) is 37.0 Å². The van der Waals surface area contributed by atoms with Crippen LogP contribution in [0, 0.1) is 5.92 Å². The van der Waals surface area contributed by atoms with Gasteiger partial charge in [0.1, 0.15) is 0 Å². The van der Waals surface area contributed by atoms with Gasteiger partial charge in [0.2, 0.25) is 0 Å². The average molecular weight is 219 g/mol. The molecule has 1 saturated carbocycles. The van der Waals surface area contributed by atoms with Crippen molar-refractivity contribution in [2.45, 2.75) is 12.8 Å². The highest BCUT2D eigenvalue weighted by molar-refractivity contribution is 7.22. The summed E-state index contributed by atoms with van der Waals surface area (Å²) in [5.74, 6) is 0.877. The molecule has 1 aromatic carbocycles. The van der Waals surface area contributed by atoms with E-state index in [4.69, 9.17) is 5.73 Å². The van der Waals surface area contributed by atoms with Crippen LogP contribution >= 0.6 is 11.3 Å². The Labute approximate surface area is 92.3 Å². The summed E-state index contributed by atoms with van der Waals surface area (Å²) >= 11 is 1.68. The molecule has 1 heterocycles. The molecule has 3 rings (SSSR count). The van der Waals surface area contributed by atoms with Crippen LogP contribution in [0.15, 0.2) is 18.2 Å². The molecule has 1 aliphatic rings. The van der Waals surface area contributed by atoms with E-state index in [0.717, 1.165) is 33.5 Å². The third-order valence-electron chi connectivity index (χ3n) is 2.65. The smallest absolute Gasteiger partial charge is 0.183 e. The van der Waals surface area contributed by atoms with E-state index in [2.05, 4.69) is 10.3 Å². The number of rotatable bonds is 3. The number of nitrogens with zero attached hydrogens (tertiary/aromatic N) is 1. The number of nitrogen functional groups attached to an aromatic ring is 1. The molecule has 1 fully saturated rings. The van der Waals surface area contributed by atoms with Gasteiger partial charge in [-0.2, -0.15) is 0 Å². The third-order valence-corrected chi connectivity index (χ3v) is 3.63. The van der Waals surface area contributed by atoms with Crippen LogP contribution in [-0.2, 0) is 0 Å². The normalized spacial score (nSPS) is 15.7. The lowest BCUT2D eigenvalue weighted by Crippen LogP contribution is -2.01. The molecule has 15 heavy (non-hydrogen) atoms. The molecule has 0 saturated heterocycles. The maximum Gasteiger partial charge on any atom is 0.183 e. The molecule has 2 aromatic rings. The summed E-state index contributed by atoms with van der Waals surface area (Å²) in [7, 11) is 0. The summed E-state index contributed by atoms with van der Waals surface area (Å²) in [6, 6.07) is 5.85. The summed E-state index contributed by atoms with van der Waals surface area (Å²) < 4.78 is 1.16. The molecule has 0 aliphatic heterocycles. The minimum Gasteiger partial charge on any atom is -0.399 e. The van der Waals surface area contributed by atoms with Gasteiger partial charge in [-0.1, -0.05) is 11.3 Å². The number of hydrogen-bond acceptors (Lipinski definition) is 4. The Kier molecular flexibility index (Phi) is 2.02. The monoisotopic (exact) mass is 219 g/mol. The first-order chi connectivity index (χ1) is 7.31. The molecule has 3 N–H and O–H groups in total. The van der Waals surface area contributed by atoms with Crippen molar-refractivity contribution in [2.24, 2.45) is 5.92 Å². The van der Waals surface area contributed by atoms with Crippen molar-refractivity contribution >= 4 is 32.4 Å². The Morgan fingerprint density at radius 2 is 2.33 bits per heavy atom. The van der Waals surface area contributed by atoms with Crippen molar-refractivity contribution in [3.05, 3.63) is 18.2 Å². The Hall–Kier alpha value is -1.29. The number of thiazole rings is 1. The van der Waals surface area contributed by atoms with E-state index >= 15 is 0 Å². The number of aromatic nitrogens is 1. The average Bonchev–Trinajstić information content (AvgIpc) is 2.95. The number of fused-ring (bicyclic) bond motifs is 1. The predicted molar refractivity (Wildman–Crippen MR) is 65.2 cm³/mol. The maximum absolute atomic E-state index is 5.72. The number of hydrogen-bond donors (Lipinski definition) is 2. The van der Waals surface area contributed by atoms with Gasteiger partial charge in [-0.3, -0.25) is 0 Å². The second-order valence-corrected chi connectivity index (χ2v) is 5.10. The molecule has 3 nitrogen and oxygen atoms in total. The van der Waals surface area contributed by atoms with Crippen LogP contribution in [0.5, 0.6) is 0 Å². The molecule has 4 heteroatoms. The quantitative estimate of drug-likeness (QED) is 0.780. The van der Waals surface area contributed by atoms with Crippen molar-refractivity contribution in [1.29, 1.82) is 0 Å². The highest BCUT2D eigenvalue weighted by Gasteiger charge is 2.21. The van der Waals surface area contributed by atoms with E-state index in [1.54, 1.807) is 11.3 Å². The molecular weight excluding hydrogens is 206 g/mol. The van der Waals surface area contributed by atoms with Gasteiger partial charge in [0.05, 0.1) is 10.2 Å². The van der Waals surface area contributed by atoms with E-state index in [0.29, 0.717) is 0 Å². The zero-order valence-corrected chi connectivity index (χ0v) is 9.18. The highest BCUT2D eigenvalue weighted by Crippen LogP contribution is 2.31. The molecular formula is C11H13N3S. The molecule has 1 aromatic heterocycles. The Morgan fingerprint density at radius 1 is 1.47 bits per heavy atom. The first-order valence-electron chi connectivity index (χ1n) is 5.21. The van der Waals surface area contributed by atoms with Gasteiger partial charge in [-0.25, -0.2) is 4.98 Å². The van der Waals surface area contributed by atoms with E-state index in [1.165, 1.54) is 12.8 Å². The minimum absolute atomic E-state index is 0.805. The first-order valence-corrected chi connectivity index (χ1v) is 6.03. The number of anilines is 2. The minimum atomic E-state index is 0.805. The van der Waals surface area contributed by atoms with Crippen molar-refractivity contribution in [2.75, 3.05) is 17.6 Å². The fraction of sp³-hybridized carbons (Fsp3) is 0.364. The molecule has 0 bridgehead atoms. The summed E-state index contributed by atoms with van der Waals surface area (Å²) in [6.45, 7) is 1.06. The third kappa shape index (κ3) is 1.90. The lowest BCUT2D eigenvalue weighted by molar-refractivity contribution is 0.888. The fourth-order valence-electron chi connectivity index (χ4n) is 1.57. The topological polar surface area (TPSA) is 50.9 Å². The standard InChI is InChI=1S/C11H13N3S/c12-8-3-4-9-10(5-8)15-11(14-9)13-6-7-1-2-7/h3-5,7H,1-2,6,12H2,(H,13,14). The zero-order valence-electron chi connectivity index (χ0n) is 8.36. The van der Waals surface area contributed by atoms with Crippen molar-refractivity contribution in [3.63, 3.8) is 0 Å². The molecule has 0 unspecified atom stereocenters. The second kappa shape index (κ2) is 3.38. The number of nitrogens with one attached hydrogen (secondary N) is 1. The van der Waals surface area contributed by atoms with E-state index in [-0.39, 0.29) is 0 Å². The highest BCUT2D eigenvalue weighted by atomic mass is 32.1. The van der Waals surface area contributed by atoms with Crippen LogP contribution in [0.3, 0.4) is 0 Å². The Morgan fingerprint density at radius 3 is 3.13 bits per heavy atom. The summed E-state index contributed by atoms with van der Waals surface area (Å²) in [5.41, 5.74) is 7.56. The van der Waals surface area contributed by atoms with Gasteiger partial charge in [0.25, 0.3) is 0 Å². The molecule has 0 amide bonds. The van der Waals surface area contributed by atoms with E-state index in [1.807, 2.05) is 18.2 Å². The van der Waals surface area contributed by atoms with Gasteiger partial charge in [0.15, 0.2) is 5.13 Å². The van der Waals surface area contributed by atoms with E-state index < -0.39 is 0 Å². The zero-order chi connectivity index (χ0) is 10.3. The summed E-state index contributed by atoms with van der Waals surface area (Å²) in [6.07, 6.45) is 2.73. The largest absolute Gasteiger partial charge is 0.399 e. The van der Waals surface area contributed by atoms with Crippen molar-refractivity contribution in [3.8, 4) is 0 Å². The van der Waals surface area contributed by atoms with Crippen molar-refractivity contribution in [1.82, 2.24) is 4.98 Å². The van der Waals surface area contributed by atoms with E-state index in [9.17, 15) is 0 Å². The molecule has 1 aliphatic carbocycles. The Balaban J connectivity index is 1.84. The maximum atomic E-state index is 5.72. The van der Waals surface area contributed by atoms with Gasteiger partial charge < -0.3 is 11.1 Å². The van der Waals surface area contributed by atoms with Crippen LogP contribution in [-0.4, -0.2) is 11.5 Å². The summed E-state index contributed by atoms with van der Waals surface area (Å²) in [5, 5.41) is 4.40. The molecule has 0 spiro atoms.